The maximum atomic E-state index is 11.6. The number of aromatic amines is 1. The van der Waals surface area contributed by atoms with Crippen LogP contribution in [0.3, 0.4) is 0 Å². The van der Waals surface area contributed by atoms with Crippen molar-refractivity contribution in [2.24, 2.45) is 0 Å². The van der Waals surface area contributed by atoms with Crippen molar-refractivity contribution < 1.29 is 0 Å². The number of aryl methyl sites for hydroxylation is 1. The standard InChI is InChI=1S/C9H6Br2N2O2/c1-4-2-6(14)12-9-7(11)8(15)5(10)3-13(4)9/h2-3H,1H3,(H,12,14). The van der Waals surface area contributed by atoms with E-state index in [9.17, 15) is 9.59 Å². The Balaban J connectivity index is 3.12. The maximum absolute atomic E-state index is 11.6. The first-order valence-electron chi connectivity index (χ1n) is 4.11. The highest BCUT2D eigenvalue weighted by Crippen LogP contribution is 2.15. The molecule has 1 N–H and O–H groups in total. The van der Waals surface area contributed by atoms with Crippen molar-refractivity contribution in [1.82, 2.24) is 9.38 Å². The first-order valence-corrected chi connectivity index (χ1v) is 5.69. The van der Waals surface area contributed by atoms with Crippen LogP contribution in [0.25, 0.3) is 5.65 Å². The van der Waals surface area contributed by atoms with Crippen LogP contribution < -0.4 is 11.0 Å². The van der Waals surface area contributed by atoms with Crippen molar-refractivity contribution in [2.45, 2.75) is 6.92 Å². The van der Waals surface area contributed by atoms with E-state index in [1.54, 1.807) is 17.5 Å². The lowest BCUT2D eigenvalue weighted by Gasteiger charge is -2.06. The Morgan fingerprint density at radius 1 is 1.33 bits per heavy atom. The van der Waals surface area contributed by atoms with E-state index in [-0.39, 0.29) is 11.0 Å². The van der Waals surface area contributed by atoms with Gasteiger partial charge in [-0.05, 0) is 38.8 Å². The van der Waals surface area contributed by atoms with Crippen molar-refractivity contribution in [2.75, 3.05) is 0 Å². The maximum Gasteiger partial charge on any atom is 0.251 e. The van der Waals surface area contributed by atoms with Gasteiger partial charge in [-0.25, -0.2) is 0 Å². The quantitative estimate of drug-likeness (QED) is 0.799. The van der Waals surface area contributed by atoms with Gasteiger partial charge in [0, 0.05) is 18.0 Å². The lowest BCUT2D eigenvalue weighted by Crippen LogP contribution is -2.15. The molecule has 0 saturated heterocycles. The van der Waals surface area contributed by atoms with E-state index in [0.717, 1.165) is 5.69 Å². The van der Waals surface area contributed by atoms with Gasteiger partial charge in [-0.3, -0.25) is 9.59 Å². The molecule has 0 atom stereocenters. The summed E-state index contributed by atoms with van der Waals surface area (Å²) >= 11 is 6.33. The minimum absolute atomic E-state index is 0.184. The number of nitrogens with one attached hydrogen (secondary N) is 1. The molecule has 0 radical (unpaired) electrons. The minimum Gasteiger partial charge on any atom is -0.307 e. The lowest BCUT2D eigenvalue weighted by molar-refractivity contribution is 0.995. The number of halogens is 2. The van der Waals surface area contributed by atoms with E-state index < -0.39 is 0 Å². The molecule has 0 saturated carbocycles. The summed E-state index contributed by atoms with van der Waals surface area (Å²) in [6, 6.07) is 1.47. The number of rotatable bonds is 0. The summed E-state index contributed by atoms with van der Waals surface area (Å²) in [5, 5.41) is 0. The summed E-state index contributed by atoms with van der Waals surface area (Å²) < 4.78 is 2.52. The highest BCUT2D eigenvalue weighted by Gasteiger charge is 2.08. The van der Waals surface area contributed by atoms with Crippen LogP contribution in [0.2, 0.25) is 0 Å². The van der Waals surface area contributed by atoms with Gasteiger partial charge in [-0.1, -0.05) is 0 Å². The van der Waals surface area contributed by atoms with Crippen LogP contribution in [-0.2, 0) is 0 Å². The third-order valence-corrected chi connectivity index (χ3v) is 3.37. The number of hydrogen-bond acceptors (Lipinski definition) is 2. The molecule has 0 aliphatic heterocycles. The van der Waals surface area contributed by atoms with Crippen molar-refractivity contribution >= 4 is 37.5 Å². The number of H-pyrrole nitrogens is 1. The van der Waals surface area contributed by atoms with E-state index in [4.69, 9.17) is 0 Å². The molecule has 2 aromatic rings. The Labute approximate surface area is 101 Å². The lowest BCUT2D eigenvalue weighted by atomic mass is 10.4. The highest BCUT2D eigenvalue weighted by molar-refractivity contribution is 9.11. The molecule has 2 aromatic heterocycles. The molecule has 0 bridgehead atoms. The highest BCUT2D eigenvalue weighted by atomic mass is 79.9. The summed E-state index contributed by atoms with van der Waals surface area (Å²) in [5.41, 5.74) is 0.814. The van der Waals surface area contributed by atoms with Crippen LogP contribution in [0.15, 0.2) is 30.8 Å². The molecule has 0 fully saturated rings. The Hall–Kier alpha value is -0.880. The smallest absolute Gasteiger partial charge is 0.251 e. The van der Waals surface area contributed by atoms with Gasteiger partial charge in [0.2, 0.25) is 5.43 Å². The van der Waals surface area contributed by atoms with Gasteiger partial charge in [-0.15, -0.1) is 0 Å². The zero-order valence-corrected chi connectivity index (χ0v) is 10.8. The first-order chi connectivity index (χ1) is 7.00. The van der Waals surface area contributed by atoms with Crippen molar-refractivity contribution in [3.8, 4) is 0 Å². The second-order valence-corrected chi connectivity index (χ2v) is 4.76. The molecule has 15 heavy (non-hydrogen) atoms. The number of pyridine rings is 1. The predicted octanol–water partition coefficient (Wildman–Crippen LogP) is 1.82. The molecule has 2 heterocycles. The summed E-state index contributed by atoms with van der Waals surface area (Å²) in [7, 11) is 0. The fourth-order valence-electron chi connectivity index (χ4n) is 1.36. The van der Waals surface area contributed by atoms with Crippen molar-refractivity contribution in [3.05, 3.63) is 47.5 Å². The molecule has 0 aromatic carbocycles. The summed E-state index contributed by atoms with van der Waals surface area (Å²) in [6.45, 7) is 1.80. The fraction of sp³-hybridized carbons (Fsp3) is 0.111. The average molecular weight is 334 g/mol. The summed E-state index contributed by atoms with van der Waals surface area (Å²) in [6.07, 6.45) is 1.63. The molecule has 0 spiro atoms. The van der Waals surface area contributed by atoms with Crippen LogP contribution in [0, 0.1) is 6.92 Å². The second-order valence-electron chi connectivity index (χ2n) is 3.11. The first kappa shape index (κ1) is 10.6. The van der Waals surface area contributed by atoms with Gasteiger partial charge < -0.3 is 9.38 Å². The molecule has 6 heteroatoms. The Bertz CT molecular complexity index is 657. The summed E-state index contributed by atoms with van der Waals surface area (Å²) in [5.74, 6) is 0. The molecule has 0 aliphatic carbocycles. The number of nitrogens with zero attached hydrogens (tertiary/aromatic N) is 1. The largest absolute Gasteiger partial charge is 0.307 e. The van der Waals surface area contributed by atoms with Gasteiger partial charge in [0.25, 0.3) is 5.56 Å². The molecule has 0 aliphatic rings. The third kappa shape index (κ3) is 1.68. The average Bonchev–Trinajstić information content (AvgIpc) is 2.17. The van der Waals surface area contributed by atoms with E-state index in [1.807, 2.05) is 0 Å². The Kier molecular flexibility index (Phi) is 2.56. The molecular weight excluding hydrogens is 328 g/mol. The molecule has 2 rings (SSSR count). The van der Waals surface area contributed by atoms with Crippen LogP contribution in [0.4, 0.5) is 0 Å². The Morgan fingerprint density at radius 2 is 2.00 bits per heavy atom. The molecule has 4 nitrogen and oxygen atoms in total. The molecule has 78 valence electrons. The number of hydrogen-bond donors (Lipinski definition) is 1. The Morgan fingerprint density at radius 3 is 2.67 bits per heavy atom. The van der Waals surface area contributed by atoms with Crippen LogP contribution in [-0.4, -0.2) is 9.38 Å². The zero-order chi connectivity index (χ0) is 11.2. The normalized spacial score (nSPS) is 10.9. The zero-order valence-electron chi connectivity index (χ0n) is 7.67. The van der Waals surface area contributed by atoms with Gasteiger partial charge in [-0.2, -0.15) is 0 Å². The topological polar surface area (TPSA) is 54.3 Å². The molecule has 0 amide bonds. The van der Waals surface area contributed by atoms with Crippen LogP contribution in [0.5, 0.6) is 0 Å². The van der Waals surface area contributed by atoms with Gasteiger partial charge >= 0.3 is 0 Å². The van der Waals surface area contributed by atoms with Gasteiger partial charge in [0.05, 0.1) is 4.47 Å². The predicted molar refractivity (Wildman–Crippen MR) is 64.4 cm³/mol. The van der Waals surface area contributed by atoms with Gasteiger partial charge in [0.15, 0.2) is 0 Å². The molecule has 0 unspecified atom stereocenters. The van der Waals surface area contributed by atoms with Gasteiger partial charge in [0.1, 0.15) is 10.1 Å². The van der Waals surface area contributed by atoms with E-state index in [2.05, 4.69) is 36.8 Å². The van der Waals surface area contributed by atoms with E-state index in [1.165, 1.54) is 6.07 Å². The van der Waals surface area contributed by atoms with Crippen LogP contribution in [0.1, 0.15) is 5.69 Å². The second kappa shape index (κ2) is 3.61. The van der Waals surface area contributed by atoms with Crippen LogP contribution >= 0.6 is 31.9 Å². The van der Waals surface area contributed by atoms with E-state index >= 15 is 0 Å². The third-order valence-electron chi connectivity index (χ3n) is 2.07. The van der Waals surface area contributed by atoms with E-state index in [0.29, 0.717) is 14.6 Å². The minimum atomic E-state index is -0.227. The molecular formula is C9H6Br2N2O2. The fourth-order valence-corrected chi connectivity index (χ4v) is 2.53. The SMILES string of the molecule is Cc1cc(=O)[nH]c2c(Br)c(=O)c(Br)cn12. The summed E-state index contributed by atoms with van der Waals surface area (Å²) in [4.78, 5) is 25.4. The van der Waals surface area contributed by atoms with Crippen molar-refractivity contribution in [1.29, 1.82) is 0 Å². The monoisotopic (exact) mass is 332 g/mol. The number of fused-ring (bicyclic) bond motifs is 1. The number of aromatic nitrogens is 2. The van der Waals surface area contributed by atoms with Crippen molar-refractivity contribution in [3.63, 3.8) is 0 Å².